The van der Waals surface area contributed by atoms with Crippen molar-refractivity contribution < 1.29 is 0 Å². The largest absolute Gasteiger partial charge is 0.274 e. The molecule has 0 rings (SSSR count). The lowest BCUT2D eigenvalue weighted by molar-refractivity contribution is 1.35. The molecule has 0 aromatic heterocycles. The van der Waals surface area contributed by atoms with Crippen LogP contribution in [0.3, 0.4) is 0 Å². The fourth-order valence-corrected chi connectivity index (χ4v) is 1.62. The molecule has 0 fully saturated rings. The molecule has 0 bridgehead atoms. The second-order valence-corrected chi connectivity index (χ2v) is 4.06. The molecule has 3 heteroatoms. The molecule has 0 aromatic carbocycles. The Balaban J connectivity index is 4.87. The second kappa shape index (κ2) is 8.99. The molecule has 86 valence electrons. The first-order valence-electron chi connectivity index (χ1n) is 5.02. The summed E-state index contributed by atoms with van der Waals surface area (Å²) in [6.07, 6.45) is 10.0. The molecule has 0 aliphatic rings. The van der Waals surface area contributed by atoms with E-state index in [0.717, 1.165) is 22.9 Å². The van der Waals surface area contributed by atoms with Crippen molar-refractivity contribution in [3.8, 4) is 12.3 Å². The molecule has 2 nitrogen and oxygen atoms in total. The number of allylic oxidation sites excluding steroid dienone is 2. The van der Waals surface area contributed by atoms with Crippen molar-refractivity contribution in [2.24, 2.45) is 9.98 Å². The van der Waals surface area contributed by atoms with Crippen molar-refractivity contribution in [1.82, 2.24) is 0 Å². The highest BCUT2D eigenvalue weighted by atomic mass is 32.2. The van der Waals surface area contributed by atoms with Crippen LogP contribution in [0.5, 0.6) is 0 Å². The SMILES string of the molecule is C#CCSC(=NC(C)=NC)C(C)=CCC=C. The van der Waals surface area contributed by atoms with Crippen LogP contribution in [0.15, 0.2) is 34.3 Å². The van der Waals surface area contributed by atoms with Gasteiger partial charge in [0, 0.05) is 7.05 Å². The van der Waals surface area contributed by atoms with Crippen molar-refractivity contribution in [3.05, 3.63) is 24.3 Å². The third-order valence-corrected chi connectivity index (χ3v) is 2.80. The normalized spacial score (nSPS) is 13.5. The summed E-state index contributed by atoms with van der Waals surface area (Å²) in [4.78, 5) is 8.43. The Kier molecular flexibility index (Phi) is 8.28. The molecule has 0 unspecified atom stereocenters. The van der Waals surface area contributed by atoms with Crippen LogP contribution in [0.4, 0.5) is 0 Å². The van der Waals surface area contributed by atoms with Crippen molar-refractivity contribution in [3.63, 3.8) is 0 Å². The van der Waals surface area contributed by atoms with E-state index in [1.54, 1.807) is 18.8 Å². The predicted molar refractivity (Wildman–Crippen MR) is 76.3 cm³/mol. The number of nitrogens with zero attached hydrogens (tertiary/aromatic N) is 2. The smallest absolute Gasteiger partial charge is 0.121 e. The van der Waals surface area contributed by atoms with E-state index in [2.05, 4.69) is 28.6 Å². The van der Waals surface area contributed by atoms with Gasteiger partial charge in [-0.25, -0.2) is 4.99 Å². The summed E-state index contributed by atoms with van der Waals surface area (Å²) < 4.78 is 0. The fourth-order valence-electron chi connectivity index (χ4n) is 0.889. The summed E-state index contributed by atoms with van der Waals surface area (Å²) in [5.41, 5.74) is 1.11. The first-order valence-corrected chi connectivity index (χ1v) is 6.00. The lowest BCUT2D eigenvalue weighted by atomic mass is 10.2. The van der Waals surface area contributed by atoms with Gasteiger partial charge in [-0.3, -0.25) is 4.99 Å². The number of rotatable bonds is 4. The highest BCUT2D eigenvalue weighted by molar-refractivity contribution is 8.14. The van der Waals surface area contributed by atoms with E-state index in [0.29, 0.717) is 5.75 Å². The molecule has 0 atom stereocenters. The summed E-state index contributed by atoms with van der Waals surface area (Å²) in [5.74, 6) is 3.97. The zero-order valence-electron chi connectivity index (χ0n) is 10.2. The van der Waals surface area contributed by atoms with Crippen LogP contribution in [0.25, 0.3) is 0 Å². The van der Waals surface area contributed by atoms with Crippen LogP contribution in [-0.2, 0) is 0 Å². The third-order valence-electron chi connectivity index (χ3n) is 1.81. The van der Waals surface area contributed by atoms with E-state index in [9.17, 15) is 0 Å². The maximum atomic E-state index is 5.25. The molecule has 0 aromatic rings. The summed E-state index contributed by atoms with van der Waals surface area (Å²) in [7, 11) is 1.73. The van der Waals surface area contributed by atoms with E-state index in [4.69, 9.17) is 6.42 Å². The zero-order valence-corrected chi connectivity index (χ0v) is 11.0. The minimum atomic E-state index is 0.620. The molecule has 0 amide bonds. The first kappa shape index (κ1) is 14.7. The molecule has 0 radical (unpaired) electrons. The lowest BCUT2D eigenvalue weighted by Crippen LogP contribution is -2.00. The molecule has 0 aliphatic carbocycles. The Labute approximate surface area is 103 Å². The van der Waals surface area contributed by atoms with Crippen LogP contribution < -0.4 is 0 Å². The van der Waals surface area contributed by atoms with E-state index in [1.807, 2.05) is 19.9 Å². The van der Waals surface area contributed by atoms with Crippen LogP contribution in [0, 0.1) is 12.3 Å². The number of terminal acetylenes is 1. The summed E-state index contributed by atoms with van der Waals surface area (Å²) >= 11 is 1.55. The van der Waals surface area contributed by atoms with Gasteiger partial charge in [0.1, 0.15) is 10.9 Å². The molecule has 0 saturated heterocycles. The number of thioether (sulfide) groups is 1. The summed E-state index contributed by atoms with van der Waals surface area (Å²) in [6.45, 7) is 7.58. The number of hydrogen-bond acceptors (Lipinski definition) is 2. The maximum absolute atomic E-state index is 5.25. The first-order chi connectivity index (χ1) is 7.65. The highest BCUT2D eigenvalue weighted by Gasteiger charge is 2.02. The minimum Gasteiger partial charge on any atom is -0.274 e. The van der Waals surface area contributed by atoms with Crippen molar-refractivity contribution in [2.45, 2.75) is 20.3 Å². The molecule has 0 N–H and O–H groups in total. The maximum Gasteiger partial charge on any atom is 0.121 e. The van der Waals surface area contributed by atoms with Gasteiger partial charge in [-0.15, -0.1) is 13.0 Å². The van der Waals surface area contributed by atoms with Gasteiger partial charge in [-0.05, 0) is 25.8 Å². The van der Waals surface area contributed by atoms with Gasteiger partial charge in [0.25, 0.3) is 0 Å². The van der Waals surface area contributed by atoms with E-state index in [1.165, 1.54) is 0 Å². The molecular formula is C13H18N2S. The minimum absolute atomic E-state index is 0.620. The topological polar surface area (TPSA) is 24.7 Å². The standard InChI is InChI=1S/C13H18N2S/c1-6-8-9-11(3)13(16-10-7-2)15-12(4)14-5/h2,6,9H,1,8,10H2,3-5H3. The molecule has 0 aliphatic heterocycles. The Hall–Kier alpha value is -1.27. The second-order valence-electron chi connectivity index (χ2n) is 3.09. The van der Waals surface area contributed by atoms with Gasteiger partial charge >= 0.3 is 0 Å². The molecule has 16 heavy (non-hydrogen) atoms. The zero-order chi connectivity index (χ0) is 12.4. The van der Waals surface area contributed by atoms with Crippen LogP contribution in [-0.4, -0.2) is 23.7 Å². The van der Waals surface area contributed by atoms with Gasteiger partial charge in [0.05, 0.1) is 5.75 Å². The molecule has 0 spiro atoms. The van der Waals surface area contributed by atoms with E-state index >= 15 is 0 Å². The summed E-state index contributed by atoms with van der Waals surface area (Å²) in [6, 6.07) is 0. The van der Waals surface area contributed by atoms with Gasteiger partial charge in [0.15, 0.2) is 0 Å². The Morgan fingerprint density at radius 1 is 1.50 bits per heavy atom. The predicted octanol–water partition coefficient (Wildman–Crippen LogP) is 3.32. The Bertz CT molecular complexity index is 357. The summed E-state index contributed by atoms with van der Waals surface area (Å²) in [5, 5.41) is 0.933. The van der Waals surface area contributed by atoms with Crippen LogP contribution in [0.2, 0.25) is 0 Å². The Morgan fingerprint density at radius 2 is 2.19 bits per heavy atom. The van der Waals surface area contributed by atoms with Crippen LogP contribution >= 0.6 is 11.8 Å². The number of amidine groups is 1. The average molecular weight is 234 g/mol. The number of hydrogen-bond donors (Lipinski definition) is 0. The quantitative estimate of drug-likeness (QED) is 0.317. The van der Waals surface area contributed by atoms with Gasteiger partial charge in [-0.2, -0.15) is 0 Å². The molecule has 0 heterocycles. The average Bonchev–Trinajstić information content (AvgIpc) is 2.30. The fraction of sp³-hybridized carbons (Fsp3) is 0.385. The van der Waals surface area contributed by atoms with Crippen molar-refractivity contribution in [1.29, 1.82) is 0 Å². The third kappa shape index (κ3) is 6.26. The van der Waals surface area contributed by atoms with Gasteiger partial charge in [0.2, 0.25) is 0 Å². The van der Waals surface area contributed by atoms with Crippen molar-refractivity contribution >= 4 is 22.6 Å². The molecular weight excluding hydrogens is 216 g/mol. The van der Waals surface area contributed by atoms with E-state index in [-0.39, 0.29) is 0 Å². The highest BCUT2D eigenvalue weighted by Crippen LogP contribution is 2.13. The monoisotopic (exact) mass is 234 g/mol. The van der Waals surface area contributed by atoms with Crippen LogP contribution in [0.1, 0.15) is 20.3 Å². The van der Waals surface area contributed by atoms with Crippen molar-refractivity contribution in [2.75, 3.05) is 12.8 Å². The van der Waals surface area contributed by atoms with E-state index < -0.39 is 0 Å². The number of aliphatic imine (C=N–C) groups is 2. The van der Waals surface area contributed by atoms with Gasteiger partial charge in [-0.1, -0.05) is 29.8 Å². The Morgan fingerprint density at radius 3 is 2.69 bits per heavy atom. The van der Waals surface area contributed by atoms with Gasteiger partial charge < -0.3 is 0 Å². The molecule has 0 saturated carbocycles. The lowest BCUT2D eigenvalue weighted by Gasteiger charge is -2.04.